The molecule has 23 N–H and O–H groups in total. The molecule has 21 aliphatic rings. The molecule has 21 saturated heterocycles. The van der Waals surface area contributed by atoms with Crippen molar-refractivity contribution in [3.8, 4) is 0 Å². The van der Waals surface area contributed by atoms with Crippen molar-refractivity contribution >= 4 is 47.0 Å². The first kappa shape index (κ1) is 87.1. The second-order valence-corrected chi connectivity index (χ2v) is 28.1. The van der Waals surface area contributed by atoms with Crippen molar-refractivity contribution in [3.05, 3.63) is 0 Å². The number of carboxylic acid groups (broad SMARTS) is 2. The maximum atomic E-state index is 13.0. The van der Waals surface area contributed by atoms with Crippen molar-refractivity contribution in [1.82, 2.24) is 5.32 Å². The van der Waals surface area contributed by atoms with Gasteiger partial charge in [0.1, 0.15) is 170 Å². The summed E-state index contributed by atoms with van der Waals surface area (Å²) in [5.74, 6) is -9.98. The first-order chi connectivity index (χ1) is 49.4. The van der Waals surface area contributed by atoms with Crippen LogP contribution in [-0.4, -0.2) is 446 Å². The number of aliphatic hydroxyl groups excluding tert-OH is 19. The summed E-state index contributed by atoms with van der Waals surface area (Å²) < 4.78 is 92.5. The summed E-state index contributed by atoms with van der Waals surface area (Å²) in [5, 5.41) is 251. The van der Waals surface area contributed by atoms with Crippen molar-refractivity contribution in [2.45, 2.75) is 247 Å². The molecule has 602 valence electrons. The molecule has 14 bridgehead atoms. The molecule has 21 rings (SSSR count). The molecule has 0 aromatic rings. The zero-order valence-corrected chi connectivity index (χ0v) is 57.6. The van der Waals surface area contributed by atoms with Gasteiger partial charge in [-0.15, -0.1) is 0 Å². The Morgan fingerprint density at radius 1 is 0.394 bits per heavy atom. The minimum Gasteiger partial charge on any atom is -0.481 e. The van der Waals surface area contributed by atoms with Crippen LogP contribution in [0.2, 0.25) is 0 Å². The van der Waals surface area contributed by atoms with Gasteiger partial charge in [0.15, 0.2) is 43.8 Å². The third-order valence-corrected chi connectivity index (χ3v) is 21.0. The van der Waals surface area contributed by atoms with Gasteiger partial charge in [0.25, 0.3) is 0 Å². The van der Waals surface area contributed by atoms with E-state index in [9.17, 15) is 132 Å². The molecule has 21 aliphatic heterocycles. The number of ketones is 2. The first-order valence-corrected chi connectivity index (χ1v) is 35.6. The number of rotatable bonds is 27. The number of hydrogen-bond donors (Lipinski definition) is 23. The average molecular weight is 1560 g/mol. The first-order valence-electron chi connectivity index (χ1n) is 33.3. The van der Waals surface area contributed by atoms with Crippen molar-refractivity contribution in [1.29, 1.82) is 0 Å². The summed E-state index contributed by atoms with van der Waals surface area (Å²) in [6, 6.07) is -1.24. The summed E-state index contributed by atoms with van der Waals surface area (Å²) in [7, 11) is 1.32. The highest BCUT2D eigenvalue weighted by atomic mass is 32.2. The molecule has 21 heterocycles. The van der Waals surface area contributed by atoms with E-state index in [1.54, 1.807) is 0 Å². The number of aliphatic hydroxyl groups is 20. The zero-order chi connectivity index (χ0) is 76.3. The molecule has 0 aromatic carbocycles. The Balaban J connectivity index is 1.09. The van der Waals surface area contributed by atoms with Gasteiger partial charge in [-0.25, -0.2) is 0 Å². The number of ether oxygens (including phenoxy) is 16. The van der Waals surface area contributed by atoms with E-state index in [4.69, 9.17) is 75.8 Å². The molecule has 21 fully saturated rings. The minimum atomic E-state index is -3.59. The molecule has 0 aliphatic carbocycles. The lowest BCUT2D eigenvalue weighted by molar-refractivity contribution is -0.480. The van der Waals surface area contributed by atoms with Crippen molar-refractivity contribution in [2.24, 2.45) is 5.92 Å². The fraction of sp³-hybridized carbons (Fsp3) is 0.932. The van der Waals surface area contributed by atoms with Crippen LogP contribution in [0.25, 0.3) is 0 Å². The number of carboxylic acids is 2. The molecule has 0 spiro atoms. The van der Waals surface area contributed by atoms with E-state index in [-0.39, 0.29) is 56.6 Å². The lowest BCUT2D eigenvalue weighted by atomic mass is 9.94. The standard InChI is InChI=1S/C59H97NO42S2/c1-19(66)3-5-87-7-8-88-6-4-21(67)9-20(51(82)83)15-103-17-28-48-34(72)40(78)57(93-28)97-45-26(13-64)91-55(38(76)32(45)70)99-47-27(14-65)101-59(86,50(81)42(47)80)102-49-29(18-104-16-22(60-2)52(84)85)94-58(41(79)35(49)73)98-46-25(12-63)90-54(37(75)31(46)69)95-43-23(10-61)89-53(36(74)30(43)68)96-44-24(11-62)92-56(100-48)39(77)33(44)71/h20,22-50,53-58,60-65,68-81,86H,3-18H2,1-2H3,(H,82,83)(H,84,85)/t20-,22-,23?,24?,25?,26?,27?,28?,29?,30-,31-,32-,33-,34-,35-,36?,37?,38?,39?,40?,41?,42+,43+,44+,45+,46+,47+,48+,49+,50?,53+,54+,55+,56+,57+,58+,59-/m1/s1. The molecule has 45 heteroatoms. The average Bonchev–Trinajstić information content (AvgIpc) is 0.759. The maximum Gasteiger partial charge on any atom is 0.321 e. The smallest absolute Gasteiger partial charge is 0.321 e. The third-order valence-electron chi connectivity index (χ3n) is 18.7. The van der Waals surface area contributed by atoms with Crippen LogP contribution in [0.3, 0.4) is 0 Å². The summed E-state index contributed by atoms with van der Waals surface area (Å²) in [4.78, 5) is 48.7. The normalized spacial score (nSPS) is 45.3. The number of nitrogens with one attached hydrogen (secondary N) is 1. The molecule has 43 nitrogen and oxygen atoms in total. The number of carbonyl (C=O) groups excluding carboxylic acids is 2. The summed E-state index contributed by atoms with van der Waals surface area (Å²) in [6.45, 7) is -4.22. The second kappa shape index (κ2) is 39.6. The summed E-state index contributed by atoms with van der Waals surface area (Å²) >= 11 is 1.56. The van der Waals surface area contributed by atoms with Crippen LogP contribution < -0.4 is 5.32 Å². The van der Waals surface area contributed by atoms with Crippen LogP contribution in [0.15, 0.2) is 0 Å². The summed E-state index contributed by atoms with van der Waals surface area (Å²) in [6.07, 6.45) is -73.9. The molecule has 0 saturated carbocycles. The van der Waals surface area contributed by atoms with E-state index in [0.717, 1.165) is 23.5 Å². The fourth-order valence-electron chi connectivity index (χ4n) is 12.7. The van der Waals surface area contributed by atoms with Crippen molar-refractivity contribution in [2.75, 3.05) is 89.5 Å². The molecule has 0 amide bonds. The highest BCUT2D eigenvalue weighted by Gasteiger charge is 2.63. The van der Waals surface area contributed by atoms with Gasteiger partial charge < -0.3 is 193 Å². The van der Waals surface area contributed by atoms with Crippen LogP contribution >= 0.6 is 23.5 Å². The van der Waals surface area contributed by atoms with Gasteiger partial charge >= 0.3 is 17.9 Å². The number of aliphatic carboxylic acids is 2. The van der Waals surface area contributed by atoms with Crippen LogP contribution in [0, 0.1) is 5.92 Å². The SMILES string of the molecule is CN[C@H](CSCC1O[C@H]2O[C@H]3C(CO)O[C@@H](O[C@H]4C(CO)O[C@@H](O[C@H]5C(CO)O[C@@H](O[C@H]6C(CSC[C@@H](CC(=O)CCOCCOCCC(C)=O)C(=O)O)O[C@@H](O[C@H]7C(CO)O[C@@H](O[C@H]8C(CO)O[C@@](O)(O[C@@H]1[C@H](O)C2O)C(O)[C@H]8O)C(O)[C@H]7O)C(O)[C@H]6O)C(O)[C@H]5O)C(O)[C@H]4O)C(O)[C@H]3O)C(=O)O. The molecule has 14 unspecified atom stereocenters. The van der Waals surface area contributed by atoms with E-state index in [1.807, 2.05) is 0 Å². The van der Waals surface area contributed by atoms with Crippen LogP contribution in [-0.2, 0) is 95.0 Å². The van der Waals surface area contributed by atoms with E-state index < -0.39 is 295 Å². The Kier molecular flexibility index (Phi) is 33.2. The van der Waals surface area contributed by atoms with E-state index in [0.29, 0.717) is 0 Å². The number of likely N-dealkylation sites (N-methyl/N-ethyl adjacent to an activating group) is 1. The lowest BCUT2D eigenvalue weighted by Gasteiger charge is -2.52. The molecule has 0 radical (unpaired) electrons. The highest BCUT2D eigenvalue weighted by Crippen LogP contribution is 2.41. The van der Waals surface area contributed by atoms with E-state index in [2.05, 4.69) is 5.32 Å². The van der Waals surface area contributed by atoms with Gasteiger partial charge in [0.05, 0.1) is 77.6 Å². The van der Waals surface area contributed by atoms with Gasteiger partial charge in [-0.3, -0.25) is 19.2 Å². The van der Waals surface area contributed by atoms with Crippen LogP contribution in [0.4, 0.5) is 0 Å². The fourth-order valence-corrected chi connectivity index (χ4v) is 15.0. The Bertz CT molecular complexity index is 2670. The quantitative estimate of drug-likeness (QED) is 0.0340. The largest absolute Gasteiger partial charge is 0.481 e. The van der Waals surface area contributed by atoms with Crippen LogP contribution in [0.5, 0.6) is 0 Å². The predicted octanol–water partition coefficient (Wildman–Crippen LogP) is -13.7. The molecular formula is C59H97NO42S2. The van der Waals surface area contributed by atoms with Gasteiger partial charge in [-0.2, -0.15) is 23.5 Å². The van der Waals surface area contributed by atoms with Crippen LogP contribution in [0.1, 0.15) is 26.2 Å². The third kappa shape index (κ3) is 20.6. The number of hydrogen-bond acceptors (Lipinski definition) is 43. The monoisotopic (exact) mass is 1560 g/mol. The maximum absolute atomic E-state index is 13.0. The molecule has 0 aromatic heterocycles. The number of Topliss-reactive ketones (excluding diaryl/α,β-unsaturated/α-hetero) is 2. The van der Waals surface area contributed by atoms with Gasteiger partial charge in [-0.1, -0.05) is 0 Å². The Labute approximate surface area is 600 Å². The highest BCUT2D eigenvalue weighted by molar-refractivity contribution is 7.99. The summed E-state index contributed by atoms with van der Waals surface area (Å²) in [5.41, 5.74) is 0. The Hall–Kier alpha value is -2.50. The lowest BCUT2D eigenvalue weighted by Crippen LogP contribution is -2.71. The minimum absolute atomic E-state index is 0.0569. The van der Waals surface area contributed by atoms with Gasteiger partial charge in [0.2, 0.25) is 0 Å². The van der Waals surface area contributed by atoms with E-state index >= 15 is 0 Å². The molecular weight excluding hydrogens is 1460 g/mol. The predicted molar refractivity (Wildman–Crippen MR) is 333 cm³/mol. The zero-order valence-electron chi connectivity index (χ0n) is 55.9. The number of carbonyl (C=O) groups is 4. The Morgan fingerprint density at radius 3 is 1.05 bits per heavy atom. The van der Waals surface area contributed by atoms with E-state index in [1.165, 1.54) is 14.0 Å². The second-order valence-electron chi connectivity index (χ2n) is 25.9. The Morgan fingerprint density at radius 2 is 0.712 bits per heavy atom. The van der Waals surface area contributed by atoms with Gasteiger partial charge in [0, 0.05) is 42.3 Å². The molecule has 104 heavy (non-hydrogen) atoms. The number of thioether (sulfide) groups is 2. The topological polar surface area (TPSA) is 673 Å². The van der Waals surface area contributed by atoms with Crippen molar-refractivity contribution < 1.29 is 207 Å². The van der Waals surface area contributed by atoms with Gasteiger partial charge in [-0.05, 0) is 14.0 Å². The molecule has 37 atom stereocenters. The van der Waals surface area contributed by atoms with Crippen molar-refractivity contribution in [3.63, 3.8) is 0 Å².